The molecule has 0 amide bonds. The molecular formula is C23H26N2O4S. The topological polar surface area (TPSA) is 93.3 Å². The highest BCUT2D eigenvalue weighted by Crippen LogP contribution is 2.47. The number of hydrogen-bond acceptors (Lipinski definition) is 6. The lowest BCUT2D eigenvalue weighted by Crippen LogP contribution is -2.34. The van der Waals surface area contributed by atoms with Gasteiger partial charge in [-0.1, -0.05) is 11.6 Å². The monoisotopic (exact) mass is 426 g/mol. The number of nitrogens with zero attached hydrogens (tertiary/aromatic N) is 2. The Morgan fingerprint density at radius 2 is 1.77 bits per heavy atom. The molecule has 6 nitrogen and oxygen atoms in total. The average molecular weight is 427 g/mol. The van der Waals surface area contributed by atoms with E-state index >= 15 is 0 Å². The number of fused-ring (bicyclic) bond motifs is 3. The first kappa shape index (κ1) is 19.7. The molecule has 1 N–H and O–H groups in total. The summed E-state index contributed by atoms with van der Waals surface area (Å²) < 4.78 is 5.52. The van der Waals surface area contributed by atoms with Crippen LogP contribution in [0.4, 0.5) is 0 Å². The molecule has 0 saturated heterocycles. The third kappa shape index (κ3) is 3.33. The van der Waals surface area contributed by atoms with E-state index in [0.29, 0.717) is 22.9 Å². The van der Waals surface area contributed by atoms with Crippen molar-refractivity contribution in [3.63, 3.8) is 0 Å². The van der Waals surface area contributed by atoms with Gasteiger partial charge in [-0.3, -0.25) is 4.79 Å². The van der Waals surface area contributed by atoms with Gasteiger partial charge in [0.2, 0.25) is 0 Å². The first-order valence-electron chi connectivity index (χ1n) is 11.0. The molecule has 4 aliphatic carbocycles. The normalized spacial score (nSPS) is 23.4. The number of aryl methyl sites for hydroxylation is 2. The van der Waals surface area contributed by atoms with Gasteiger partial charge < -0.3 is 9.63 Å². The van der Waals surface area contributed by atoms with Gasteiger partial charge in [0.15, 0.2) is 11.6 Å². The van der Waals surface area contributed by atoms with Crippen molar-refractivity contribution in [3.05, 3.63) is 32.3 Å². The fourth-order valence-electron chi connectivity index (χ4n) is 5.59. The van der Waals surface area contributed by atoms with Crippen LogP contribution in [0.1, 0.15) is 66.1 Å². The van der Waals surface area contributed by atoms with E-state index in [4.69, 9.17) is 4.52 Å². The zero-order chi connectivity index (χ0) is 20.8. The van der Waals surface area contributed by atoms with E-state index in [9.17, 15) is 14.7 Å². The number of carboxylic acid groups (broad SMARTS) is 1. The molecule has 0 atom stereocenters. The Kier molecular flexibility index (Phi) is 5.09. The minimum absolute atomic E-state index is 0.0318. The first-order valence-corrected chi connectivity index (χ1v) is 11.8. The second-order valence-corrected chi connectivity index (χ2v) is 9.98. The van der Waals surface area contributed by atoms with Crippen LogP contribution in [0.15, 0.2) is 15.7 Å². The molecule has 0 aliphatic heterocycles. The lowest BCUT2D eigenvalue weighted by molar-refractivity contribution is -0.134. The fraction of sp³-hybridized carbons (Fsp3) is 0.565. The highest BCUT2D eigenvalue weighted by molar-refractivity contribution is 7.12. The maximum atomic E-state index is 13.5. The van der Waals surface area contributed by atoms with Crippen molar-refractivity contribution in [2.24, 2.45) is 11.8 Å². The molecule has 4 aliphatic rings. The van der Waals surface area contributed by atoms with Crippen LogP contribution in [0.5, 0.6) is 0 Å². The molecule has 2 heterocycles. The smallest absolute Gasteiger partial charge is 0.332 e. The summed E-state index contributed by atoms with van der Waals surface area (Å²) in [4.78, 5) is 32.2. The van der Waals surface area contributed by atoms with Gasteiger partial charge >= 0.3 is 5.97 Å². The Labute approximate surface area is 179 Å². The van der Waals surface area contributed by atoms with E-state index in [-0.39, 0.29) is 24.0 Å². The number of carbonyl (C=O) groups is 2. The standard InChI is InChI=1S/C23H26N2O4S/c1-12-24-22(29-25-12)21-15-5-3-2-4-6-17(15)30-18(21)11-16(26)19-13-7-9-14(10-8-13)20(19)23(27)28/h13-14H,2-11H2,1H3,(H,27,28). The summed E-state index contributed by atoms with van der Waals surface area (Å²) in [7, 11) is 0. The molecule has 1 fully saturated rings. The van der Waals surface area contributed by atoms with Gasteiger partial charge in [0.05, 0.1) is 5.56 Å². The highest BCUT2D eigenvalue weighted by Gasteiger charge is 2.41. The quantitative estimate of drug-likeness (QED) is 0.697. The number of carboxylic acids is 1. The maximum Gasteiger partial charge on any atom is 0.332 e. The molecule has 6 rings (SSSR count). The number of rotatable bonds is 5. The summed E-state index contributed by atoms with van der Waals surface area (Å²) in [5.41, 5.74) is 3.16. The lowest BCUT2D eigenvalue weighted by Gasteiger charge is -2.38. The van der Waals surface area contributed by atoms with Crippen LogP contribution in [0, 0.1) is 18.8 Å². The molecule has 1 saturated carbocycles. The van der Waals surface area contributed by atoms with Crippen molar-refractivity contribution in [1.29, 1.82) is 0 Å². The van der Waals surface area contributed by atoms with Gasteiger partial charge in [-0.2, -0.15) is 4.98 Å². The summed E-state index contributed by atoms with van der Waals surface area (Å²) in [6, 6.07) is 0. The number of thiophene rings is 1. The highest BCUT2D eigenvalue weighted by atomic mass is 32.1. The minimum Gasteiger partial charge on any atom is -0.478 e. The van der Waals surface area contributed by atoms with Crippen LogP contribution in [0.2, 0.25) is 0 Å². The Hall–Kier alpha value is -2.28. The summed E-state index contributed by atoms with van der Waals surface area (Å²) >= 11 is 1.68. The molecule has 0 radical (unpaired) electrons. The molecule has 30 heavy (non-hydrogen) atoms. The number of Topliss-reactive ketones (excluding diaryl/α,β-unsaturated/α-hetero) is 1. The number of aliphatic carboxylic acids is 1. The van der Waals surface area contributed by atoms with E-state index in [1.54, 1.807) is 18.3 Å². The predicted octanol–water partition coefficient (Wildman–Crippen LogP) is 4.69. The number of aromatic nitrogens is 2. The molecule has 7 heteroatoms. The van der Waals surface area contributed by atoms with E-state index in [1.807, 2.05) is 0 Å². The third-order valence-electron chi connectivity index (χ3n) is 6.92. The van der Waals surface area contributed by atoms with E-state index in [1.165, 1.54) is 16.9 Å². The van der Waals surface area contributed by atoms with E-state index in [0.717, 1.165) is 61.8 Å². The number of carbonyl (C=O) groups excluding carboxylic acids is 1. The Bertz CT molecular complexity index is 1040. The molecule has 2 bridgehead atoms. The Morgan fingerprint density at radius 3 is 2.43 bits per heavy atom. The van der Waals surface area contributed by atoms with Crippen LogP contribution in [-0.4, -0.2) is 27.0 Å². The van der Waals surface area contributed by atoms with Crippen molar-refractivity contribution < 1.29 is 19.2 Å². The molecule has 2 aromatic heterocycles. The van der Waals surface area contributed by atoms with Gasteiger partial charge in [-0.15, -0.1) is 11.3 Å². The van der Waals surface area contributed by atoms with Crippen LogP contribution < -0.4 is 0 Å². The molecular weight excluding hydrogens is 400 g/mol. The van der Waals surface area contributed by atoms with Gasteiger partial charge in [-0.25, -0.2) is 4.79 Å². The fourth-order valence-corrected chi connectivity index (χ4v) is 6.98. The van der Waals surface area contributed by atoms with Crippen LogP contribution >= 0.6 is 11.3 Å². The van der Waals surface area contributed by atoms with Crippen molar-refractivity contribution in [2.45, 2.75) is 71.1 Å². The first-order chi connectivity index (χ1) is 14.5. The van der Waals surface area contributed by atoms with Gasteiger partial charge in [0.25, 0.3) is 5.89 Å². The summed E-state index contributed by atoms with van der Waals surface area (Å²) in [6.45, 7) is 1.80. The molecule has 0 spiro atoms. The van der Waals surface area contributed by atoms with Gasteiger partial charge in [-0.05, 0) is 75.7 Å². The average Bonchev–Trinajstić information content (AvgIpc) is 3.22. The molecule has 2 aromatic rings. The zero-order valence-corrected chi connectivity index (χ0v) is 18.0. The number of ketones is 1. The largest absolute Gasteiger partial charge is 0.478 e. The van der Waals surface area contributed by atoms with Crippen molar-refractivity contribution in [2.75, 3.05) is 0 Å². The van der Waals surface area contributed by atoms with Gasteiger partial charge in [0, 0.05) is 27.3 Å². The zero-order valence-electron chi connectivity index (χ0n) is 17.2. The third-order valence-corrected chi connectivity index (χ3v) is 8.21. The SMILES string of the molecule is Cc1noc(-c2c(CC(=O)C3=C(C(=O)O)C4CCC3CC4)sc3c2CCCCC3)n1. The van der Waals surface area contributed by atoms with Crippen molar-refractivity contribution in [3.8, 4) is 11.5 Å². The summed E-state index contributed by atoms with van der Waals surface area (Å²) in [5, 5.41) is 13.8. The molecule has 0 unspecified atom stereocenters. The van der Waals surface area contributed by atoms with Crippen molar-refractivity contribution >= 4 is 23.1 Å². The summed E-state index contributed by atoms with van der Waals surface area (Å²) in [5.74, 6) is 0.256. The van der Waals surface area contributed by atoms with Crippen LogP contribution in [0.25, 0.3) is 11.5 Å². The maximum absolute atomic E-state index is 13.5. The Balaban J connectivity index is 1.56. The van der Waals surface area contributed by atoms with Gasteiger partial charge in [0.1, 0.15) is 0 Å². The van der Waals surface area contributed by atoms with Crippen molar-refractivity contribution in [1.82, 2.24) is 10.1 Å². The molecule has 0 aromatic carbocycles. The van der Waals surface area contributed by atoms with Crippen LogP contribution in [-0.2, 0) is 28.9 Å². The predicted molar refractivity (Wildman–Crippen MR) is 112 cm³/mol. The molecule has 158 valence electrons. The second kappa shape index (κ2) is 7.76. The number of hydrogen-bond donors (Lipinski definition) is 1. The summed E-state index contributed by atoms with van der Waals surface area (Å²) in [6.07, 6.45) is 9.33. The van der Waals surface area contributed by atoms with E-state index < -0.39 is 5.97 Å². The Morgan fingerprint density at radius 1 is 1.07 bits per heavy atom. The van der Waals surface area contributed by atoms with E-state index in [2.05, 4.69) is 10.1 Å². The second-order valence-electron chi connectivity index (χ2n) is 8.79. The number of allylic oxidation sites excluding steroid dienone is 1. The van der Waals surface area contributed by atoms with Crippen LogP contribution in [0.3, 0.4) is 0 Å². The minimum atomic E-state index is -0.914. The lowest BCUT2D eigenvalue weighted by atomic mass is 9.65.